The van der Waals surface area contributed by atoms with Gasteiger partial charge in [-0.05, 0) is 58.4 Å². The highest BCUT2D eigenvalue weighted by Gasteiger charge is 2.23. The van der Waals surface area contributed by atoms with Crippen LogP contribution >= 0.6 is 11.8 Å². The van der Waals surface area contributed by atoms with Crippen molar-refractivity contribution in [1.29, 1.82) is 0 Å². The number of nitrogens with one attached hydrogen (secondary N) is 1. The molecule has 1 aliphatic heterocycles. The molecule has 3 aromatic rings. The van der Waals surface area contributed by atoms with E-state index in [-0.39, 0.29) is 11.7 Å². The topological polar surface area (TPSA) is 41.5 Å². The van der Waals surface area contributed by atoms with Crippen LogP contribution in [0.2, 0.25) is 0 Å². The van der Waals surface area contributed by atoms with Gasteiger partial charge >= 0.3 is 0 Å². The minimum atomic E-state index is -0.331. The Balaban J connectivity index is 1.61. The predicted molar refractivity (Wildman–Crippen MR) is 101 cm³/mol. The highest BCUT2D eigenvalue weighted by atomic mass is 32.2. The van der Waals surface area contributed by atoms with Gasteiger partial charge in [-0.1, -0.05) is 42.5 Å². The van der Waals surface area contributed by atoms with Crippen molar-refractivity contribution in [2.75, 3.05) is 0 Å². The lowest BCUT2D eigenvalue weighted by Crippen LogP contribution is -2.19. The summed E-state index contributed by atoms with van der Waals surface area (Å²) >= 11 is 1.25. The number of rotatable bonds is 2. The molecule has 0 saturated carbocycles. The first kappa shape index (κ1) is 15.6. The number of carbonyl (C=O) groups is 1. The molecule has 1 aliphatic rings. The molecule has 1 N–H and O–H groups in total. The van der Waals surface area contributed by atoms with E-state index in [2.05, 4.69) is 10.3 Å². The molecule has 0 aromatic heterocycles. The zero-order chi connectivity index (χ0) is 17.2. The maximum atomic E-state index is 13.3. The Kier molecular flexibility index (Phi) is 4.07. The van der Waals surface area contributed by atoms with Crippen LogP contribution in [0.5, 0.6) is 0 Å². The molecule has 0 bridgehead atoms. The Morgan fingerprint density at radius 1 is 0.960 bits per heavy atom. The first-order valence-corrected chi connectivity index (χ1v) is 8.53. The molecule has 5 heteroatoms. The third-order valence-electron chi connectivity index (χ3n) is 3.76. The minimum Gasteiger partial charge on any atom is -0.300 e. The Hall–Kier alpha value is -2.92. The molecule has 1 amide bonds. The molecule has 4 rings (SSSR count). The molecule has 1 heterocycles. The van der Waals surface area contributed by atoms with Gasteiger partial charge in [-0.25, -0.2) is 9.38 Å². The number of carbonyl (C=O) groups excluding carboxylic acids is 1. The van der Waals surface area contributed by atoms with E-state index in [0.29, 0.717) is 15.6 Å². The standard InChI is InChI=1S/C20H13FN2OS/c21-16-7-3-4-13(10-16)11-18-19(24)23-20(25-18)22-17-9-8-14-5-1-2-6-15(14)12-17/h1-12H,(H,22,23,24)/b18-11-. The molecular formula is C20H13FN2OS. The summed E-state index contributed by atoms with van der Waals surface area (Å²) < 4.78 is 13.3. The predicted octanol–water partition coefficient (Wildman–Crippen LogP) is 4.87. The van der Waals surface area contributed by atoms with E-state index in [9.17, 15) is 9.18 Å². The van der Waals surface area contributed by atoms with Crippen LogP contribution in [0.15, 0.2) is 76.6 Å². The number of hydrogen-bond acceptors (Lipinski definition) is 3. The van der Waals surface area contributed by atoms with Crippen molar-refractivity contribution in [1.82, 2.24) is 5.32 Å². The van der Waals surface area contributed by atoms with Gasteiger partial charge in [-0.15, -0.1) is 0 Å². The van der Waals surface area contributed by atoms with Crippen LogP contribution in [0.25, 0.3) is 16.8 Å². The number of benzene rings is 3. The average Bonchev–Trinajstić information content (AvgIpc) is 2.94. The molecule has 0 spiro atoms. The Morgan fingerprint density at radius 3 is 2.64 bits per heavy atom. The lowest BCUT2D eigenvalue weighted by Gasteiger charge is -2.00. The van der Waals surface area contributed by atoms with Gasteiger partial charge in [0.05, 0.1) is 10.6 Å². The fourth-order valence-electron chi connectivity index (χ4n) is 2.59. The highest BCUT2D eigenvalue weighted by Crippen LogP contribution is 2.29. The van der Waals surface area contributed by atoms with Gasteiger partial charge in [-0.3, -0.25) is 4.79 Å². The highest BCUT2D eigenvalue weighted by molar-refractivity contribution is 8.18. The molecule has 0 atom stereocenters. The molecular weight excluding hydrogens is 335 g/mol. The monoisotopic (exact) mass is 348 g/mol. The largest absolute Gasteiger partial charge is 0.300 e. The molecule has 3 nitrogen and oxygen atoms in total. The van der Waals surface area contributed by atoms with Crippen LogP contribution in [0.3, 0.4) is 0 Å². The summed E-state index contributed by atoms with van der Waals surface area (Å²) in [6, 6.07) is 20.0. The van der Waals surface area contributed by atoms with Gasteiger partial charge in [0.15, 0.2) is 5.17 Å². The molecule has 0 radical (unpaired) electrons. The van der Waals surface area contributed by atoms with Crippen molar-refractivity contribution in [2.24, 2.45) is 4.99 Å². The molecule has 1 fully saturated rings. The normalized spacial score (nSPS) is 17.4. The number of amidine groups is 1. The van der Waals surface area contributed by atoms with Crippen LogP contribution in [0.1, 0.15) is 5.56 Å². The number of hydrogen-bond donors (Lipinski definition) is 1. The molecule has 1 saturated heterocycles. The summed E-state index contributed by atoms with van der Waals surface area (Å²) in [6.45, 7) is 0. The Morgan fingerprint density at radius 2 is 1.80 bits per heavy atom. The number of thioether (sulfide) groups is 1. The molecule has 3 aromatic carbocycles. The van der Waals surface area contributed by atoms with E-state index < -0.39 is 0 Å². The van der Waals surface area contributed by atoms with Gasteiger partial charge in [0.1, 0.15) is 5.82 Å². The second-order valence-corrected chi connectivity index (χ2v) is 6.60. The van der Waals surface area contributed by atoms with E-state index in [1.807, 2.05) is 42.5 Å². The summed E-state index contributed by atoms with van der Waals surface area (Å²) in [5.41, 5.74) is 1.41. The second-order valence-electron chi connectivity index (χ2n) is 5.57. The zero-order valence-electron chi connectivity index (χ0n) is 13.1. The fourth-order valence-corrected chi connectivity index (χ4v) is 3.43. The van der Waals surface area contributed by atoms with Gasteiger partial charge < -0.3 is 5.32 Å². The van der Waals surface area contributed by atoms with E-state index >= 15 is 0 Å². The second kappa shape index (κ2) is 6.53. The summed E-state index contributed by atoms with van der Waals surface area (Å²) in [5, 5.41) is 5.50. The van der Waals surface area contributed by atoms with Gasteiger partial charge in [0.2, 0.25) is 0 Å². The maximum Gasteiger partial charge on any atom is 0.264 e. The van der Waals surface area contributed by atoms with Crippen molar-refractivity contribution in [3.63, 3.8) is 0 Å². The Bertz CT molecular complexity index is 1040. The zero-order valence-corrected chi connectivity index (χ0v) is 13.9. The number of aliphatic imine (C=N–C) groups is 1. The minimum absolute atomic E-state index is 0.228. The van der Waals surface area contributed by atoms with Crippen LogP contribution in [0.4, 0.5) is 10.1 Å². The molecule has 0 unspecified atom stereocenters. The maximum absolute atomic E-state index is 13.3. The Labute approximate surface area is 148 Å². The fraction of sp³-hybridized carbons (Fsp3) is 0. The lowest BCUT2D eigenvalue weighted by atomic mass is 10.1. The van der Waals surface area contributed by atoms with E-state index in [1.54, 1.807) is 18.2 Å². The third-order valence-corrected chi connectivity index (χ3v) is 4.67. The van der Waals surface area contributed by atoms with E-state index in [0.717, 1.165) is 16.5 Å². The first-order chi connectivity index (χ1) is 12.2. The van der Waals surface area contributed by atoms with Gasteiger partial charge in [0, 0.05) is 0 Å². The van der Waals surface area contributed by atoms with Crippen molar-refractivity contribution in [3.8, 4) is 0 Å². The van der Waals surface area contributed by atoms with Crippen molar-refractivity contribution < 1.29 is 9.18 Å². The van der Waals surface area contributed by atoms with E-state index in [1.165, 1.54) is 23.9 Å². The number of nitrogens with zero attached hydrogens (tertiary/aromatic N) is 1. The van der Waals surface area contributed by atoms with Crippen LogP contribution in [0, 0.1) is 5.82 Å². The smallest absolute Gasteiger partial charge is 0.264 e. The summed E-state index contributed by atoms with van der Waals surface area (Å²) in [4.78, 5) is 17.1. The SMILES string of the molecule is O=C1NC(=Nc2ccc3ccccc3c2)S/C1=C\c1cccc(F)c1. The first-order valence-electron chi connectivity index (χ1n) is 7.71. The number of halogens is 1. The number of amides is 1. The molecule has 122 valence electrons. The van der Waals surface area contributed by atoms with Crippen LogP contribution in [-0.4, -0.2) is 11.1 Å². The van der Waals surface area contributed by atoms with Gasteiger partial charge in [-0.2, -0.15) is 0 Å². The van der Waals surface area contributed by atoms with Gasteiger partial charge in [0.25, 0.3) is 5.91 Å². The van der Waals surface area contributed by atoms with Crippen molar-refractivity contribution >= 4 is 45.4 Å². The van der Waals surface area contributed by atoms with Crippen LogP contribution < -0.4 is 5.32 Å². The van der Waals surface area contributed by atoms with E-state index in [4.69, 9.17) is 0 Å². The molecule has 0 aliphatic carbocycles. The summed E-state index contributed by atoms with van der Waals surface area (Å²) in [5.74, 6) is -0.559. The van der Waals surface area contributed by atoms with Crippen molar-refractivity contribution in [2.45, 2.75) is 0 Å². The lowest BCUT2D eigenvalue weighted by molar-refractivity contribution is -0.115. The third kappa shape index (κ3) is 3.46. The summed E-state index contributed by atoms with van der Waals surface area (Å²) in [6.07, 6.45) is 1.66. The van der Waals surface area contributed by atoms with Crippen LogP contribution in [-0.2, 0) is 4.79 Å². The summed E-state index contributed by atoms with van der Waals surface area (Å²) in [7, 11) is 0. The number of fused-ring (bicyclic) bond motifs is 1. The average molecular weight is 348 g/mol. The molecule has 25 heavy (non-hydrogen) atoms. The van der Waals surface area contributed by atoms with Crippen molar-refractivity contribution in [3.05, 3.63) is 83.0 Å². The quantitative estimate of drug-likeness (QED) is 0.671.